The number of urea groups is 1. The minimum absolute atomic E-state index is 0.0243. The molecule has 1 saturated carbocycles. The number of hydrogen-bond acceptors (Lipinski definition) is 4. The van der Waals surface area contributed by atoms with Crippen molar-refractivity contribution < 1.29 is 19.4 Å². The second-order valence-corrected chi connectivity index (χ2v) is 7.66. The lowest BCUT2D eigenvalue weighted by Gasteiger charge is -2.37. The van der Waals surface area contributed by atoms with Crippen LogP contribution >= 0.6 is 0 Å². The fourth-order valence-corrected chi connectivity index (χ4v) is 4.06. The minimum atomic E-state index is -0.735. The molecule has 1 aromatic carbocycles. The maximum absolute atomic E-state index is 12.5. The molecule has 2 fully saturated rings. The van der Waals surface area contributed by atoms with Crippen LogP contribution in [0.5, 0.6) is 0 Å². The van der Waals surface area contributed by atoms with E-state index in [-0.39, 0.29) is 30.2 Å². The van der Waals surface area contributed by atoms with Crippen molar-refractivity contribution in [1.82, 2.24) is 5.32 Å². The monoisotopic (exact) mass is 375 g/mol. The van der Waals surface area contributed by atoms with E-state index in [9.17, 15) is 9.59 Å². The third kappa shape index (κ3) is 5.13. The van der Waals surface area contributed by atoms with Gasteiger partial charge in [0.05, 0.1) is 29.5 Å². The summed E-state index contributed by atoms with van der Waals surface area (Å²) in [6.45, 7) is 5.67. The van der Waals surface area contributed by atoms with Gasteiger partial charge in [0.15, 0.2) is 0 Å². The largest absolute Gasteiger partial charge is 0.481 e. The summed E-state index contributed by atoms with van der Waals surface area (Å²) in [6.07, 6.45) is 2.90. The zero-order valence-corrected chi connectivity index (χ0v) is 16.0. The van der Waals surface area contributed by atoms with Crippen LogP contribution in [0.1, 0.15) is 39.5 Å². The van der Waals surface area contributed by atoms with Crippen LogP contribution in [0, 0.1) is 5.92 Å². The molecule has 2 atom stereocenters. The van der Waals surface area contributed by atoms with Crippen molar-refractivity contribution in [3.05, 3.63) is 24.3 Å². The Balaban J connectivity index is 1.59. The van der Waals surface area contributed by atoms with Crippen molar-refractivity contribution >= 4 is 23.4 Å². The number of hydrogen-bond donors (Lipinski definition) is 3. The highest BCUT2D eigenvalue weighted by molar-refractivity contribution is 5.93. The SMILES string of the molecule is CC1CN(c2ccccc2NC(=O)NC2CCC(C(=O)O)CC2)CC(C)O1. The molecule has 27 heavy (non-hydrogen) atoms. The molecule has 1 aliphatic heterocycles. The van der Waals surface area contributed by atoms with E-state index >= 15 is 0 Å². The summed E-state index contributed by atoms with van der Waals surface area (Å²) in [4.78, 5) is 25.8. The zero-order valence-electron chi connectivity index (χ0n) is 16.0. The third-order valence-electron chi connectivity index (χ3n) is 5.32. The molecule has 1 heterocycles. The molecule has 2 unspecified atom stereocenters. The lowest BCUT2D eigenvalue weighted by atomic mass is 9.86. The van der Waals surface area contributed by atoms with Gasteiger partial charge in [-0.15, -0.1) is 0 Å². The van der Waals surface area contributed by atoms with Crippen molar-refractivity contribution in [3.63, 3.8) is 0 Å². The number of carboxylic acids is 1. The Hall–Kier alpha value is -2.28. The van der Waals surface area contributed by atoms with Gasteiger partial charge in [-0.1, -0.05) is 12.1 Å². The molecule has 0 aromatic heterocycles. The summed E-state index contributed by atoms with van der Waals surface area (Å²) in [7, 11) is 0. The van der Waals surface area contributed by atoms with Crippen LogP contribution in [-0.4, -0.2) is 48.4 Å². The van der Waals surface area contributed by atoms with Crippen LogP contribution in [0.2, 0.25) is 0 Å². The Morgan fingerprint density at radius 3 is 2.33 bits per heavy atom. The van der Waals surface area contributed by atoms with Gasteiger partial charge in [0.2, 0.25) is 0 Å². The Morgan fingerprint density at radius 2 is 1.70 bits per heavy atom. The number of benzene rings is 1. The number of morpholine rings is 1. The summed E-state index contributed by atoms with van der Waals surface area (Å²) in [6, 6.07) is 7.58. The molecule has 148 valence electrons. The number of amides is 2. The number of rotatable bonds is 4. The van der Waals surface area contributed by atoms with Gasteiger partial charge in [-0.25, -0.2) is 4.79 Å². The first-order chi connectivity index (χ1) is 12.9. The van der Waals surface area contributed by atoms with E-state index in [2.05, 4.69) is 29.4 Å². The minimum Gasteiger partial charge on any atom is -0.481 e. The van der Waals surface area contributed by atoms with Crippen LogP contribution in [0.15, 0.2) is 24.3 Å². The number of carboxylic acid groups (broad SMARTS) is 1. The van der Waals surface area contributed by atoms with E-state index in [0.29, 0.717) is 25.7 Å². The van der Waals surface area contributed by atoms with E-state index in [4.69, 9.17) is 9.84 Å². The summed E-state index contributed by atoms with van der Waals surface area (Å²) in [5.74, 6) is -1.02. The third-order valence-corrected chi connectivity index (χ3v) is 5.32. The molecule has 7 nitrogen and oxygen atoms in total. The number of ether oxygens (including phenoxy) is 1. The van der Waals surface area contributed by atoms with Crippen molar-refractivity contribution in [1.29, 1.82) is 0 Å². The Labute approximate surface area is 160 Å². The molecule has 0 spiro atoms. The second-order valence-electron chi connectivity index (χ2n) is 7.66. The smallest absolute Gasteiger partial charge is 0.319 e. The fraction of sp³-hybridized carbons (Fsp3) is 0.600. The normalized spacial score (nSPS) is 28.4. The molecular formula is C20H29N3O4. The highest BCUT2D eigenvalue weighted by Crippen LogP contribution is 2.29. The van der Waals surface area contributed by atoms with Gasteiger partial charge in [-0.2, -0.15) is 0 Å². The molecular weight excluding hydrogens is 346 g/mol. The quantitative estimate of drug-likeness (QED) is 0.752. The number of para-hydroxylation sites is 2. The van der Waals surface area contributed by atoms with Crippen LogP contribution in [0.25, 0.3) is 0 Å². The number of carbonyl (C=O) groups is 2. The van der Waals surface area contributed by atoms with E-state index in [0.717, 1.165) is 24.5 Å². The number of nitrogens with one attached hydrogen (secondary N) is 2. The van der Waals surface area contributed by atoms with Crippen molar-refractivity contribution in [2.75, 3.05) is 23.3 Å². The molecule has 1 aliphatic carbocycles. The number of carbonyl (C=O) groups excluding carboxylic acids is 1. The van der Waals surface area contributed by atoms with Gasteiger partial charge in [0, 0.05) is 19.1 Å². The summed E-state index contributed by atoms with van der Waals surface area (Å²) >= 11 is 0. The number of anilines is 2. The highest BCUT2D eigenvalue weighted by atomic mass is 16.5. The summed E-state index contributed by atoms with van der Waals surface area (Å²) in [5, 5.41) is 15.0. The molecule has 3 N–H and O–H groups in total. The van der Waals surface area contributed by atoms with E-state index in [1.54, 1.807) is 0 Å². The standard InChI is InChI=1S/C20H29N3O4/c1-13-11-23(12-14(2)27-13)18-6-4-3-5-17(18)22-20(26)21-16-9-7-15(8-10-16)19(24)25/h3-6,13-16H,7-12H2,1-2H3,(H,24,25)(H2,21,22,26). The van der Waals surface area contributed by atoms with Crippen LogP contribution in [0.4, 0.5) is 16.2 Å². The number of nitrogens with zero attached hydrogens (tertiary/aromatic N) is 1. The van der Waals surface area contributed by atoms with Crippen molar-refractivity contribution in [3.8, 4) is 0 Å². The van der Waals surface area contributed by atoms with Crippen molar-refractivity contribution in [2.45, 2.75) is 57.8 Å². The summed E-state index contributed by atoms with van der Waals surface area (Å²) in [5.41, 5.74) is 1.76. The van der Waals surface area contributed by atoms with Gasteiger partial charge >= 0.3 is 12.0 Å². The molecule has 7 heteroatoms. The maximum Gasteiger partial charge on any atom is 0.319 e. The molecule has 0 radical (unpaired) electrons. The first-order valence-corrected chi connectivity index (χ1v) is 9.72. The van der Waals surface area contributed by atoms with Gasteiger partial charge in [-0.3, -0.25) is 4.79 Å². The highest BCUT2D eigenvalue weighted by Gasteiger charge is 2.27. The fourth-order valence-electron chi connectivity index (χ4n) is 4.06. The van der Waals surface area contributed by atoms with Gasteiger partial charge < -0.3 is 25.4 Å². The lowest BCUT2D eigenvalue weighted by molar-refractivity contribution is -0.142. The van der Waals surface area contributed by atoms with Gasteiger partial charge in [-0.05, 0) is 51.7 Å². The molecule has 1 aromatic rings. The first-order valence-electron chi connectivity index (χ1n) is 9.72. The predicted octanol–water partition coefficient (Wildman–Crippen LogP) is 3.07. The van der Waals surface area contributed by atoms with Gasteiger partial charge in [0.25, 0.3) is 0 Å². The average molecular weight is 375 g/mol. The average Bonchev–Trinajstić information content (AvgIpc) is 2.61. The molecule has 3 rings (SSSR count). The van der Waals surface area contributed by atoms with Crippen molar-refractivity contribution in [2.24, 2.45) is 5.92 Å². The van der Waals surface area contributed by atoms with Crippen LogP contribution in [-0.2, 0) is 9.53 Å². The second kappa shape index (κ2) is 8.61. The lowest BCUT2D eigenvalue weighted by Crippen LogP contribution is -2.46. The number of aliphatic carboxylic acids is 1. The first kappa shape index (κ1) is 19.5. The zero-order chi connectivity index (χ0) is 19.4. The summed E-state index contributed by atoms with van der Waals surface area (Å²) < 4.78 is 5.80. The van der Waals surface area contributed by atoms with Crippen LogP contribution in [0.3, 0.4) is 0 Å². The van der Waals surface area contributed by atoms with Gasteiger partial charge in [0.1, 0.15) is 0 Å². The predicted molar refractivity (Wildman–Crippen MR) is 104 cm³/mol. The van der Waals surface area contributed by atoms with E-state index < -0.39 is 5.97 Å². The molecule has 0 bridgehead atoms. The molecule has 2 amide bonds. The van der Waals surface area contributed by atoms with E-state index in [1.165, 1.54) is 0 Å². The van der Waals surface area contributed by atoms with Crippen LogP contribution < -0.4 is 15.5 Å². The molecule has 2 aliphatic rings. The maximum atomic E-state index is 12.5. The Bertz CT molecular complexity index is 663. The Morgan fingerprint density at radius 1 is 1.07 bits per heavy atom. The molecule has 1 saturated heterocycles. The van der Waals surface area contributed by atoms with E-state index in [1.807, 2.05) is 24.3 Å². The topological polar surface area (TPSA) is 90.9 Å². The Kier molecular flexibility index (Phi) is 6.21.